The first-order valence-electron chi connectivity index (χ1n) is 6.67. The van der Waals surface area contributed by atoms with Crippen molar-refractivity contribution in [3.8, 4) is 0 Å². The fourth-order valence-corrected chi connectivity index (χ4v) is 4.44. The fourth-order valence-electron chi connectivity index (χ4n) is 2.61. The molecule has 0 radical (unpaired) electrons. The van der Waals surface area contributed by atoms with E-state index >= 15 is 0 Å². The van der Waals surface area contributed by atoms with Crippen LogP contribution in [0.2, 0.25) is 0 Å². The monoisotopic (exact) mass is 327 g/mol. The number of nitrogens with zero attached hydrogens (tertiary/aromatic N) is 2. The minimum Gasteiger partial charge on any atom is -0.314 e. The third-order valence-corrected chi connectivity index (χ3v) is 5.70. The van der Waals surface area contributed by atoms with Crippen LogP contribution in [0.3, 0.4) is 0 Å². The molecule has 21 heavy (non-hydrogen) atoms. The van der Waals surface area contributed by atoms with E-state index in [1.807, 2.05) is 19.1 Å². The second kappa shape index (κ2) is 6.27. The fraction of sp³-hybridized carbons (Fsp3) is 0.357. The zero-order valence-electron chi connectivity index (χ0n) is 11.7. The molecule has 1 aromatic carbocycles. The van der Waals surface area contributed by atoms with Crippen LogP contribution < -0.4 is 5.32 Å². The van der Waals surface area contributed by atoms with Crippen LogP contribution >= 0.6 is 12.4 Å². The Balaban J connectivity index is 0.00000161. The standard InChI is InChI=1S/C14H17N3O2S.ClH/c1-11-10-15-8-9-17(11)20(18,19)14-6-2-5-13-12(14)4-3-7-16-13;/h2-7,11,15H,8-10H2,1H3;1H. The van der Waals surface area contributed by atoms with Gasteiger partial charge in [0.2, 0.25) is 10.0 Å². The van der Waals surface area contributed by atoms with Gasteiger partial charge in [0.05, 0.1) is 10.4 Å². The van der Waals surface area contributed by atoms with Crippen LogP contribution in [0.4, 0.5) is 0 Å². The van der Waals surface area contributed by atoms with Gasteiger partial charge in [-0.2, -0.15) is 4.31 Å². The van der Waals surface area contributed by atoms with Gasteiger partial charge in [0.1, 0.15) is 0 Å². The molecule has 0 saturated carbocycles. The zero-order valence-corrected chi connectivity index (χ0v) is 13.3. The molecular weight excluding hydrogens is 310 g/mol. The van der Waals surface area contributed by atoms with Gasteiger partial charge in [-0.15, -0.1) is 12.4 Å². The maximum atomic E-state index is 12.9. The molecule has 3 rings (SSSR count). The molecule has 114 valence electrons. The highest BCUT2D eigenvalue weighted by Gasteiger charge is 2.31. The van der Waals surface area contributed by atoms with E-state index in [-0.39, 0.29) is 18.4 Å². The first kappa shape index (κ1) is 16.2. The van der Waals surface area contributed by atoms with Crippen molar-refractivity contribution in [3.63, 3.8) is 0 Å². The summed E-state index contributed by atoms with van der Waals surface area (Å²) in [5, 5.41) is 3.89. The lowest BCUT2D eigenvalue weighted by molar-refractivity contribution is 0.284. The normalized spacial score (nSPS) is 20.1. The molecule has 1 unspecified atom stereocenters. The minimum absolute atomic E-state index is 0. The number of aromatic nitrogens is 1. The van der Waals surface area contributed by atoms with E-state index < -0.39 is 10.0 Å². The van der Waals surface area contributed by atoms with E-state index in [0.717, 1.165) is 0 Å². The van der Waals surface area contributed by atoms with Crippen molar-refractivity contribution in [2.45, 2.75) is 17.9 Å². The van der Waals surface area contributed by atoms with Gasteiger partial charge in [-0.1, -0.05) is 6.07 Å². The molecule has 7 heteroatoms. The van der Waals surface area contributed by atoms with E-state index in [2.05, 4.69) is 10.3 Å². The zero-order chi connectivity index (χ0) is 14.2. The van der Waals surface area contributed by atoms with Crippen molar-refractivity contribution >= 4 is 33.3 Å². The van der Waals surface area contributed by atoms with Crippen LogP contribution in [0.25, 0.3) is 10.9 Å². The second-order valence-electron chi connectivity index (χ2n) is 5.00. The van der Waals surface area contributed by atoms with Crippen molar-refractivity contribution in [2.75, 3.05) is 19.6 Å². The summed E-state index contributed by atoms with van der Waals surface area (Å²) >= 11 is 0. The Morgan fingerprint density at radius 1 is 1.29 bits per heavy atom. The summed E-state index contributed by atoms with van der Waals surface area (Å²) in [6, 6.07) is 8.77. The smallest absolute Gasteiger partial charge is 0.244 e. The van der Waals surface area contributed by atoms with Crippen molar-refractivity contribution in [1.82, 2.24) is 14.6 Å². The Morgan fingerprint density at radius 3 is 2.86 bits per heavy atom. The van der Waals surface area contributed by atoms with Crippen molar-refractivity contribution in [2.24, 2.45) is 0 Å². The van der Waals surface area contributed by atoms with Gasteiger partial charge >= 0.3 is 0 Å². The molecule has 0 aliphatic carbocycles. The summed E-state index contributed by atoms with van der Waals surface area (Å²) in [6.45, 7) is 3.79. The van der Waals surface area contributed by atoms with Crippen molar-refractivity contribution in [1.29, 1.82) is 0 Å². The van der Waals surface area contributed by atoms with Gasteiger partial charge in [0.15, 0.2) is 0 Å². The highest BCUT2D eigenvalue weighted by Crippen LogP contribution is 2.26. The average molecular weight is 328 g/mol. The van der Waals surface area contributed by atoms with Crippen LogP contribution in [0, 0.1) is 0 Å². The predicted octanol–water partition coefficient (Wildman–Crippen LogP) is 1.64. The number of fused-ring (bicyclic) bond motifs is 1. The number of rotatable bonds is 2. The van der Waals surface area contributed by atoms with Crippen molar-refractivity contribution < 1.29 is 8.42 Å². The van der Waals surface area contributed by atoms with Gasteiger partial charge in [-0.05, 0) is 31.2 Å². The summed E-state index contributed by atoms with van der Waals surface area (Å²) in [4.78, 5) is 4.57. The molecule has 1 atom stereocenters. The molecule has 1 saturated heterocycles. The van der Waals surface area contributed by atoms with Crippen LogP contribution in [0.1, 0.15) is 6.92 Å². The molecule has 0 spiro atoms. The summed E-state index contributed by atoms with van der Waals surface area (Å²) < 4.78 is 27.3. The SMILES string of the molecule is CC1CNCCN1S(=O)(=O)c1cccc2ncccc12.Cl. The molecule has 5 nitrogen and oxygen atoms in total. The third-order valence-electron chi connectivity index (χ3n) is 3.63. The molecule has 2 heterocycles. The highest BCUT2D eigenvalue weighted by molar-refractivity contribution is 7.89. The molecule has 0 amide bonds. The van der Waals surface area contributed by atoms with Crippen LogP contribution in [0.15, 0.2) is 41.4 Å². The Bertz CT molecular complexity index is 731. The number of pyridine rings is 1. The molecule has 1 fully saturated rings. The lowest BCUT2D eigenvalue weighted by atomic mass is 10.2. The number of hydrogen-bond acceptors (Lipinski definition) is 4. The number of hydrogen-bond donors (Lipinski definition) is 1. The lowest BCUT2D eigenvalue weighted by Gasteiger charge is -2.33. The van der Waals surface area contributed by atoms with E-state index in [4.69, 9.17) is 0 Å². The number of benzene rings is 1. The molecule has 1 N–H and O–H groups in total. The first-order chi connectivity index (χ1) is 9.60. The Kier molecular flexibility index (Phi) is 4.83. The maximum absolute atomic E-state index is 12.9. The summed E-state index contributed by atoms with van der Waals surface area (Å²) in [6.07, 6.45) is 1.67. The topological polar surface area (TPSA) is 62.3 Å². The third kappa shape index (κ3) is 2.89. The average Bonchev–Trinajstić information content (AvgIpc) is 2.47. The second-order valence-corrected chi connectivity index (χ2v) is 6.85. The highest BCUT2D eigenvalue weighted by atomic mass is 35.5. The lowest BCUT2D eigenvalue weighted by Crippen LogP contribution is -2.52. The quantitative estimate of drug-likeness (QED) is 0.911. The molecular formula is C14H18ClN3O2S. The van der Waals surface area contributed by atoms with Gasteiger partial charge in [0.25, 0.3) is 0 Å². The number of piperazine rings is 1. The number of nitrogens with one attached hydrogen (secondary N) is 1. The Labute approximate surface area is 130 Å². The summed E-state index contributed by atoms with van der Waals surface area (Å²) in [5.41, 5.74) is 0.705. The summed E-state index contributed by atoms with van der Waals surface area (Å²) in [5.74, 6) is 0. The summed E-state index contributed by atoms with van der Waals surface area (Å²) in [7, 11) is -3.48. The van der Waals surface area contributed by atoms with E-state index in [0.29, 0.717) is 35.4 Å². The predicted molar refractivity (Wildman–Crippen MR) is 85.2 cm³/mol. The Morgan fingerprint density at radius 2 is 2.10 bits per heavy atom. The van der Waals surface area contributed by atoms with Gasteiger partial charge in [-0.25, -0.2) is 8.42 Å². The molecule has 1 aliphatic heterocycles. The Hall–Kier alpha value is -1.21. The van der Waals surface area contributed by atoms with Gasteiger partial charge in [0, 0.05) is 37.3 Å². The van der Waals surface area contributed by atoms with Gasteiger partial charge in [-0.3, -0.25) is 4.98 Å². The van der Waals surface area contributed by atoms with Crippen LogP contribution in [-0.2, 0) is 10.0 Å². The van der Waals surface area contributed by atoms with Crippen LogP contribution in [0.5, 0.6) is 0 Å². The molecule has 2 aromatic rings. The van der Waals surface area contributed by atoms with E-state index in [1.54, 1.807) is 28.7 Å². The molecule has 1 aliphatic rings. The largest absolute Gasteiger partial charge is 0.314 e. The van der Waals surface area contributed by atoms with E-state index in [1.165, 1.54) is 0 Å². The van der Waals surface area contributed by atoms with Crippen molar-refractivity contribution in [3.05, 3.63) is 36.5 Å². The molecule has 1 aromatic heterocycles. The first-order valence-corrected chi connectivity index (χ1v) is 8.11. The van der Waals surface area contributed by atoms with E-state index in [9.17, 15) is 8.42 Å². The molecule has 0 bridgehead atoms. The van der Waals surface area contributed by atoms with Crippen LogP contribution in [-0.4, -0.2) is 43.4 Å². The van der Waals surface area contributed by atoms with Gasteiger partial charge < -0.3 is 5.32 Å². The number of sulfonamides is 1. The minimum atomic E-state index is -3.48. The number of halogens is 1. The maximum Gasteiger partial charge on any atom is 0.244 e.